The highest BCUT2D eigenvalue weighted by atomic mass is 79.9. The molecule has 0 radical (unpaired) electrons. The van der Waals surface area contributed by atoms with Crippen molar-refractivity contribution in [1.29, 1.82) is 0 Å². The van der Waals surface area contributed by atoms with Crippen molar-refractivity contribution < 1.29 is 13.5 Å². The van der Waals surface area contributed by atoms with Crippen LogP contribution < -0.4 is 10.5 Å². The van der Waals surface area contributed by atoms with Gasteiger partial charge in [-0.3, -0.25) is 0 Å². The van der Waals surface area contributed by atoms with E-state index in [1.165, 1.54) is 6.07 Å². The molecule has 2 rings (SSSR count). The molecule has 76 valence electrons. The lowest BCUT2D eigenvalue weighted by atomic mass is 10.0. The first-order valence-corrected chi connectivity index (χ1v) is 4.96. The van der Waals surface area contributed by atoms with Gasteiger partial charge in [0.25, 0.3) is 0 Å². The van der Waals surface area contributed by atoms with E-state index in [1.54, 1.807) is 0 Å². The molecule has 1 aromatic carbocycles. The van der Waals surface area contributed by atoms with E-state index in [4.69, 9.17) is 10.5 Å². The first-order chi connectivity index (χ1) is 6.61. The van der Waals surface area contributed by atoms with E-state index < -0.39 is 11.6 Å². The highest BCUT2D eigenvalue weighted by Crippen LogP contribution is 2.37. The van der Waals surface area contributed by atoms with E-state index in [1.807, 2.05) is 0 Å². The fourth-order valence-electron chi connectivity index (χ4n) is 1.46. The van der Waals surface area contributed by atoms with Crippen LogP contribution in [0.15, 0.2) is 10.5 Å². The quantitative estimate of drug-likeness (QED) is 0.731. The summed E-state index contributed by atoms with van der Waals surface area (Å²) in [5.41, 5.74) is 6.26. The second-order valence-electron chi connectivity index (χ2n) is 3.15. The molecule has 0 fully saturated rings. The third-order valence-corrected chi connectivity index (χ3v) is 2.80. The monoisotopic (exact) mass is 263 g/mol. The molecule has 1 heterocycles. The average molecular weight is 264 g/mol. The third-order valence-electron chi connectivity index (χ3n) is 2.22. The zero-order valence-electron chi connectivity index (χ0n) is 7.19. The summed E-state index contributed by atoms with van der Waals surface area (Å²) in [6.45, 7) is 0.326. The maximum atomic E-state index is 13.3. The van der Waals surface area contributed by atoms with Crippen LogP contribution >= 0.6 is 15.9 Å². The van der Waals surface area contributed by atoms with Crippen LogP contribution in [0.3, 0.4) is 0 Å². The lowest BCUT2D eigenvalue weighted by Gasteiger charge is -2.23. The summed E-state index contributed by atoms with van der Waals surface area (Å²) >= 11 is 2.93. The van der Waals surface area contributed by atoms with Gasteiger partial charge in [0.2, 0.25) is 5.82 Å². The summed E-state index contributed by atoms with van der Waals surface area (Å²) in [6, 6.07) is 1.18. The molecule has 0 unspecified atom stereocenters. The lowest BCUT2D eigenvalue weighted by Crippen LogP contribution is -2.21. The largest absolute Gasteiger partial charge is 0.490 e. The SMILES string of the molecule is N[C@H]1CCOc2c1cc(Br)c(F)c2F. The minimum absolute atomic E-state index is 0.0514. The Labute approximate surface area is 88.2 Å². The molecule has 14 heavy (non-hydrogen) atoms. The molecule has 0 aromatic heterocycles. The second-order valence-corrected chi connectivity index (χ2v) is 4.00. The molecule has 2 nitrogen and oxygen atoms in total. The Bertz CT molecular complexity index is 384. The predicted octanol–water partition coefficient (Wildman–Crippen LogP) is 2.51. The summed E-state index contributed by atoms with van der Waals surface area (Å²) in [5.74, 6) is -1.95. The van der Waals surface area contributed by atoms with E-state index in [0.29, 0.717) is 18.6 Å². The van der Waals surface area contributed by atoms with Crippen molar-refractivity contribution in [3.8, 4) is 5.75 Å². The van der Waals surface area contributed by atoms with Crippen LogP contribution in [0.25, 0.3) is 0 Å². The van der Waals surface area contributed by atoms with Crippen LogP contribution in [0.5, 0.6) is 5.75 Å². The van der Waals surface area contributed by atoms with Crippen molar-refractivity contribution in [1.82, 2.24) is 0 Å². The van der Waals surface area contributed by atoms with Crippen LogP contribution in [-0.2, 0) is 0 Å². The number of hydrogen-bond acceptors (Lipinski definition) is 2. The molecule has 0 saturated heterocycles. The maximum Gasteiger partial charge on any atom is 0.202 e. The molecule has 5 heteroatoms. The number of benzene rings is 1. The molecule has 1 atom stereocenters. The van der Waals surface area contributed by atoms with Crippen molar-refractivity contribution >= 4 is 15.9 Å². The Balaban J connectivity index is 2.63. The molecule has 0 saturated carbocycles. The summed E-state index contributed by atoms with van der Waals surface area (Å²) in [7, 11) is 0. The summed E-state index contributed by atoms with van der Waals surface area (Å²) in [5, 5.41) is 0. The van der Waals surface area contributed by atoms with Crippen molar-refractivity contribution in [2.24, 2.45) is 5.73 Å². The lowest BCUT2D eigenvalue weighted by molar-refractivity contribution is 0.250. The Hall–Kier alpha value is -0.680. The highest BCUT2D eigenvalue weighted by molar-refractivity contribution is 9.10. The number of hydrogen-bond donors (Lipinski definition) is 1. The molecule has 2 N–H and O–H groups in total. The van der Waals surface area contributed by atoms with Crippen LogP contribution in [0, 0.1) is 11.6 Å². The minimum Gasteiger partial charge on any atom is -0.490 e. The molecule has 1 aliphatic heterocycles. The van der Waals surface area contributed by atoms with Crippen LogP contribution in [0.2, 0.25) is 0 Å². The fraction of sp³-hybridized carbons (Fsp3) is 0.333. The van der Waals surface area contributed by atoms with E-state index in [-0.39, 0.29) is 16.3 Å². The van der Waals surface area contributed by atoms with Gasteiger partial charge in [-0.05, 0) is 22.0 Å². The second kappa shape index (κ2) is 3.47. The van der Waals surface area contributed by atoms with Crippen LogP contribution in [-0.4, -0.2) is 6.61 Å². The molecule has 1 aliphatic rings. The topological polar surface area (TPSA) is 35.2 Å². The van der Waals surface area contributed by atoms with Gasteiger partial charge in [-0.15, -0.1) is 0 Å². The molecule has 1 aromatic rings. The summed E-state index contributed by atoms with van der Waals surface area (Å²) in [4.78, 5) is 0. The number of rotatable bonds is 0. The standard InChI is InChI=1S/C9H8BrF2NO/c10-5-3-4-6(13)1-2-14-9(4)8(12)7(5)11/h3,6H,1-2,13H2/t6-/m0/s1. The smallest absolute Gasteiger partial charge is 0.202 e. The van der Waals surface area contributed by atoms with Crippen molar-refractivity contribution in [3.05, 3.63) is 27.7 Å². The Morgan fingerprint density at radius 1 is 1.43 bits per heavy atom. The molecule has 0 spiro atoms. The van der Waals surface area contributed by atoms with Gasteiger partial charge in [0.15, 0.2) is 11.6 Å². The number of halogens is 3. The van der Waals surface area contributed by atoms with Gasteiger partial charge in [0.1, 0.15) is 0 Å². The van der Waals surface area contributed by atoms with Gasteiger partial charge in [-0.2, -0.15) is 4.39 Å². The van der Waals surface area contributed by atoms with Crippen LogP contribution in [0.4, 0.5) is 8.78 Å². The van der Waals surface area contributed by atoms with Gasteiger partial charge in [0.05, 0.1) is 11.1 Å². The third kappa shape index (κ3) is 1.40. The normalized spacial score (nSPS) is 20.1. The summed E-state index contributed by atoms with van der Waals surface area (Å²) < 4.78 is 31.6. The molecule has 0 aliphatic carbocycles. The van der Waals surface area contributed by atoms with Crippen molar-refractivity contribution in [2.75, 3.05) is 6.61 Å². The van der Waals surface area contributed by atoms with Crippen LogP contribution in [0.1, 0.15) is 18.0 Å². The highest BCUT2D eigenvalue weighted by Gasteiger charge is 2.25. The van der Waals surface area contributed by atoms with E-state index in [2.05, 4.69) is 15.9 Å². The Morgan fingerprint density at radius 3 is 2.86 bits per heavy atom. The zero-order valence-corrected chi connectivity index (χ0v) is 8.77. The van der Waals surface area contributed by atoms with Crippen molar-refractivity contribution in [3.63, 3.8) is 0 Å². The van der Waals surface area contributed by atoms with Gasteiger partial charge in [-0.1, -0.05) is 0 Å². The predicted molar refractivity (Wildman–Crippen MR) is 51.1 cm³/mol. The van der Waals surface area contributed by atoms with Gasteiger partial charge in [-0.25, -0.2) is 4.39 Å². The molecular weight excluding hydrogens is 256 g/mol. The molecular formula is C9H8BrF2NO. The fourth-order valence-corrected chi connectivity index (χ4v) is 1.88. The number of fused-ring (bicyclic) bond motifs is 1. The number of nitrogens with two attached hydrogens (primary N) is 1. The van der Waals surface area contributed by atoms with E-state index in [9.17, 15) is 8.78 Å². The van der Waals surface area contributed by atoms with Gasteiger partial charge >= 0.3 is 0 Å². The first-order valence-electron chi connectivity index (χ1n) is 4.17. The Morgan fingerprint density at radius 2 is 2.14 bits per heavy atom. The van der Waals surface area contributed by atoms with Gasteiger partial charge < -0.3 is 10.5 Å². The van der Waals surface area contributed by atoms with E-state index >= 15 is 0 Å². The molecule has 0 amide bonds. The number of ether oxygens (including phenoxy) is 1. The minimum atomic E-state index is -0.968. The summed E-state index contributed by atoms with van der Waals surface area (Å²) in [6.07, 6.45) is 0.616. The Kier molecular flexibility index (Phi) is 2.45. The maximum absolute atomic E-state index is 13.3. The van der Waals surface area contributed by atoms with Crippen molar-refractivity contribution in [2.45, 2.75) is 12.5 Å². The van der Waals surface area contributed by atoms with Gasteiger partial charge in [0, 0.05) is 18.0 Å². The average Bonchev–Trinajstić information content (AvgIpc) is 2.17. The first kappa shape index (κ1) is 9.86. The van der Waals surface area contributed by atoms with E-state index in [0.717, 1.165) is 0 Å². The zero-order chi connectivity index (χ0) is 10.3. The molecule has 0 bridgehead atoms.